The highest BCUT2D eigenvalue weighted by Crippen LogP contribution is 2.23. The summed E-state index contributed by atoms with van der Waals surface area (Å²) in [5, 5.41) is 3.36. The van der Waals surface area contributed by atoms with Crippen molar-refractivity contribution < 1.29 is 32.2 Å². The van der Waals surface area contributed by atoms with Crippen LogP contribution in [-0.2, 0) is 14.3 Å². The van der Waals surface area contributed by atoms with E-state index >= 15 is 0 Å². The van der Waals surface area contributed by atoms with E-state index in [2.05, 4.69) is 5.32 Å². The van der Waals surface area contributed by atoms with Gasteiger partial charge in [0, 0.05) is 18.7 Å². The Kier molecular flexibility index (Phi) is 17.6. The third-order valence-electron chi connectivity index (χ3n) is 5.93. The number of nitrogens with one attached hydrogen (secondary N) is 1. The molecule has 0 saturated heterocycles. The third-order valence-corrected chi connectivity index (χ3v) is 5.93. The SMILES string of the molecule is CCOC(=O)CCOC(=O)c1ccc(NCCCCCCCCCCCCCCCC(F)(F)F)cc1. The molecule has 0 radical (unpaired) electrons. The van der Waals surface area contributed by atoms with Crippen molar-refractivity contribution in [3.63, 3.8) is 0 Å². The number of benzene rings is 1. The normalized spacial score (nSPS) is 11.3. The zero-order chi connectivity index (χ0) is 26.5. The van der Waals surface area contributed by atoms with Crippen LogP contribution in [0.25, 0.3) is 0 Å². The average molecular weight is 516 g/mol. The van der Waals surface area contributed by atoms with Crippen LogP contribution >= 0.6 is 0 Å². The Bertz CT molecular complexity index is 708. The van der Waals surface area contributed by atoms with E-state index in [1.807, 2.05) is 12.1 Å². The molecule has 0 heterocycles. The van der Waals surface area contributed by atoms with Gasteiger partial charge < -0.3 is 14.8 Å². The van der Waals surface area contributed by atoms with Gasteiger partial charge in [0.05, 0.1) is 18.6 Å². The molecule has 0 unspecified atom stereocenters. The molecule has 0 aromatic heterocycles. The molecule has 1 rings (SSSR count). The molecule has 36 heavy (non-hydrogen) atoms. The largest absolute Gasteiger partial charge is 0.466 e. The lowest BCUT2D eigenvalue weighted by molar-refractivity contribution is -0.143. The maximum Gasteiger partial charge on any atom is 0.389 e. The maximum atomic E-state index is 12.1. The lowest BCUT2D eigenvalue weighted by Crippen LogP contribution is -2.12. The van der Waals surface area contributed by atoms with Crippen molar-refractivity contribution in [2.75, 3.05) is 25.1 Å². The number of hydrogen-bond donors (Lipinski definition) is 1. The Morgan fingerprint density at radius 2 is 1.25 bits per heavy atom. The number of carbonyl (C=O) groups is 2. The van der Waals surface area contributed by atoms with Gasteiger partial charge in [-0.25, -0.2) is 4.79 Å². The van der Waals surface area contributed by atoms with Crippen LogP contribution in [0.4, 0.5) is 18.9 Å². The van der Waals surface area contributed by atoms with Gasteiger partial charge in [-0.2, -0.15) is 13.2 Å². The van der Waals surface area contributed by atoms with Crippen molar-refractivity contribution in [1.29, 1.82) is 0 Å². The molecule has 0 bridgehead atoms. The fraction of sp³-hybridized carbons (Fsp3) is 0.714. The summed E-state index contributed by atoms with van der Waals surface area (Å²) in [7, 11) is 0. The van der Waals surface area contributed by atoms with Crippen molar-refractivity contribution >= 4 is 17.6 Å². The molecular formula is C28H44F3NO4. The van der Waals surface area contributed by atoms with E-state index < -0.39 is 18.6 Å². The van der Waals surface area contributed by atoms with E-state index in [1.54, 1.807) is 19.1 Å². The molecule has 0 atom stereocenters. The van der Waals surface area contributed by atoms with Crippen molar-refractivity contribution in [2.24, 2.45) is 0 Å². The van der Waals surface area contributed by atoms with Crippen molar-refractivity contribution in [2.45, 2.75) is 109 Å². The Labute approximate surface area is 214 Å². The summed E-state index contributed by atoms with van der Waals surface area (Å²) >= 11 is 0. The molecule has 0 spiro atoms. The summed E-state index contributed by atoms with van der Waals surface area (Å²) in [5.41, 5.74) is 1.41. The summed E-state index contributed by atoms with van der Waals surface area (Å²) in [4.78, 5) is 23.3. The minimum absolute atomic E-state index is 0.00859. The minimum Gasteiger partial charge on any atom is -0.466 e. The quantitative estimate of drug-likeness (QED) is 0.132. The second-order valence-corrected chi connectivity index (χ2v) is 9.16. The fourth-order valence-corrected chi connectivity index (χ4v) is 3.90. The topological polar surface area (TPSA) is 64.6 Å². The summed E-state index contributed by atoms with van der Waals surface area (Å²) in [5.74, 6) is -0.831. The van der Waals surface area contributed by atoms with Gasteiger partial charge >= 0.3 is 18.1 Å². The lowest BCUT2D eigenvalue weighted by atomic mass is 10.0. The molecule has 5 nitrogen and oxygen atoms in total. The predicted octanol–water partition coefficient (Wildman–Crippen LogP) is 8.23. The number of halogens is 3. The minimum atomic E-state index is -4.00. The molecular weight excluding hydrogens is 471 g/mol. The van der Waals surface area contributed by atoms with E-state index in [4.69, 9.17) is 9.47 Å². The van der Waals surface area contributed by atoms with Crippen LogP contribution < -0.4 is 5.32 Å². The molecule has 0 aliphatic carbocycles. The monoisotopic (exact) mass is 515 g/mol. The highest BCUT2D eigenvalue weighted by Gasteiger charge is 2.25. The fourth-order valence-electron chi connectivity index (χ4n) is 3.90. The zero-order valence-corrected chi connectivity index (χ0v) is 21.8. The summed E-state index contributed by atoms with van der Waals surface area (Å²) in [6.45, 7) is 2.93. The second-order valence-electron chi connectivity index (χ2n) is 9.16. The van der Waals surface area contributed by atoms with E-state index in [-0.39, 0.29) is 25.4 Å². The Morgan fingerprint density at radius 3 is 1.75 bits per heavy atom. The van der Waals surface area contributed by atoms with Crippen LogP contribution in [0.5, 0.6) is 0 Å². The van der Waals surface area contributed by atoms with Gasteiger partial charge in [-0.05, 0) is 44.0 Å². The van der Waals surface area contributed by atoms with E-state index in [1.165, 1.54) is 44.9 Å². The molecule has 206 valence electrons. The van der Waals surface area contributed by atoms with Crippen molar-refractivity contribution in [3.8, 4) is 0 Å². The molecule has 1 N–H and O–H groups in total. The van der Waals surface area contributed by atoms with Crippen molar-refractivity contribution in [3.05, 3.63) is 29.8 Å². The highest BCUT2D eigenvalue weighted by atomic mass is 19.4. The van der Waals surface area contributed by atoms with Crippen LogP contribution in [0.15, 0.2) is 24.3 Å². The molecule has 1 aromatic rings. The van der Waals surface area contributed by atoms with Gasteiger partial charge in [-0.3, -0.25) is 4.79 Å². The van der Waals surface area contributed by atoms with Crippen molar-refractivity contribution in [1.82, 2.24) is 0 Å². The number of carbonyl (C=O) groups excluding carboxylic acids is 2. The smallest absolute Gasteiger partial charge is 0.389 e. The number of hydrogen-bond acceptors (Lipinski definition) is 5. The van der Waals surface area contributed by atoms with E-state index in [9.17, 15) is 22.8 Å². The van der Waals surface area contributed by atoms with Crippen LogP contribution in [0, 0.1) is 0 Å². The third kappa shape index (κ3) is 18.1. The number of alkyl halides is 3. The Morgan fingerprint density at radius 1 is 0.750 bits per heavy atom. The predicted molar refractivity (Wildman–Crippen MR) is 137 cm³/mol. The standard InChI is InChI=1S/C28H44F3NO4/c1-2-35-26(33)20-23-36-27(34)24-16-18-25(19-17-24)32-22-15-13-11-9-7-5-3-4-6-8-10-12-14-21-28(29,30)31/h16-19,32H,2-15,20-23H2,1H3. The first-order valence-electron chi connectivity index (χ1n) is 13.5. The second kappa shape index (κ2) is 19.9. The molecule has 1 aromatic carbocycles. The Balaban J connectivity index is 1.93. The van der Waals surface area contributed by atoms with Crippen LogP contribution in [-0.4, -0.2) is 37.9 Å². The summed E-state index contributed by atoms with van der Waals surface area (Å²) in [6.07, 6.45) is 9.09. The first-order chi connectivity index (χ1) is 17.3. The first-order valence-corrected chi connectivity index (χ1v) is 13.5. The average Bonchev–Trinajstić information content (AvgIpc) is 2.83. The molecule has 8 heteroatoms. The van der Waals surface area contributed by atoms with E-state index in [0.29, 0.717) is 18.6 Å². The van der Waals surface area contributed by atoms with Gasteiger partial charge in [0.25, 0.3) is 0 Å². The Hall–Kier alpha value is -2.25. The van der Waals surface area contributed by atoms with Crippen LogP contribution in [0.3, 0.4) is 0 Å². The van der Waals surface area contributed by atoms with Gasteiger partial charge in [0.1, 0.15) is 6.61 Å². The zero-order valence-electron chi connectivity index (χ0n) is 21.8. The van der Waals surface area contributed by atoms with Gasteiger partial charge in [-0.15, -0.1) is 0 Å². The summed E-state index contributed by atoms with van der Waals surface area (Å²) < 4.78 is 46.1. The number of ether oxygens (including phenoxy) is 2. The lowest BCUT2D eigenvalue weighted by Gasteiger charge is -2.08. The highest BCUT2D eigenvalue weighted by molar-refractivity contribution is 5.90. The maximum absolute atomic E-state index is 12.1. The number of rotatable bonds is 21. The summed E-state index contributed by atoms with van der Waals surface area (Å²) in [6, 6.07) is 7.13. The van der Waals surface area contributed by atoms with E-state index in [0.717, 1.165) is 37.9 Å². The van der Waals surface area contributed by atoms with Gasteiger partial charge in [-0.1, -0.05) is 70.6 Å². The number of esters is 2. The number of unbranched alkanes of at least 4 members (excludes halogenated alkanes) is 12. The molecule has 0 aliphatic rings. The molecule has 0 fully saturated rings. The molecule has 0 amide bonds. The van der Waals surface area contributed by atoms with Gasteiger partial charge in [0.2, 0.25) is 0 Å². The van der Waals surface area contributed by atoms with Crippen LogP contribution in [0.1, 0.15) is 114 Å². The number of anilines is 1. The molecule has 0 saturated carbocycles. The first kappa shape index (κ1) is 31.8. The van der Waals surface area contributed by atoms with Gasteiger partial charge in [0.15, 0.2) is 0 Å². The molecule has 0 aliphatic heterocycles. The van der Waals surface area contributed by atoms with Crippen LogP contribution in [0.2, 0.25) is 0 Å².